The van der Waals surface area contributed by atoms with Crippen molar-refractivity contribution in [3.8, 4) is 5.75 Å². The second-order valence-corrected chi connectivity index (χ2v) is 5.39. The van der Waals surface area contributed by atoms with Crippen LogP contribution in [0.5, 0.6) is 5.75 Å². The fourth-order valence-corrected chi connectivity index (χ4v) is 2.48. The van der Waals surface area contributed by atoms with Crippen LogP contribution in [0.2, 0.25) is 0 Å². The minimum absolute atomic E-state index is 0.149. The molecule has 0 unspecified atom stereocenters. The van der Waals surface area contributed by atoms with E-state index >= 15 is 0 Å². The number of fused-ring (bicyclic) bond motifs is 1. The molecule has 0 bridgehead atoms. The smallest absolute Gasteiger partial charge is 0.347 e. The van der Waals surface area contributed by atoms with Gasteiger partial charge in [-0.15, -0.1) is 0 Å². The number of ketones is 1. The molecular formula is C18H20O6. The first-order valence-electron chi connectivity index (χ1n) is 7.80. The lowest BCUT2D eigenvalue weighted by Gasteiger charge is -2.18. The monoisotopic (exact) mass is 332 g/mol. The highest BCUT2D eigenvalue weighted by Gasteiger charge is 2.24. The maximum absolute atomic E-state index is 12.1. The molecule has 0 fully saturated rings. The van der Waals surface area contributed by atoms with Crippen LogP contribution in [0.25, 0.3) is 11.0 Å². The van der Waals surface area contributed by atoms with E-state index in [1.54, 1.807) is 32.9 Å². The fourth-order valence-electron chi connectivity index (χ4n) is 2.48. The summed E-state index contributed by atoms with van der Waals surface area (Å²) in [6, 6.07) is 4.67. The zero-order valence-corrected chi connectivity index (χ0v) is 14.2. The van der Waals surface area contributed by atoms with Crippen molar-refractivity contribution in [1.29, 1.82) is 0 Å². The molecule has 24 heavy (non-hydrogen) atoms. The Balaban J connectivity index is 2.58. The Hall–Kier alpha value is -2.63. The van der Waals surface area contributed by atoms with E-state index in [4.69, 9.17) is 13.9 Å². The van der Waals surface area contributed by atoms with Crippen molar-refractivity contribution in [3.05, 3.63) is 39.7 Å². The second kappa shape index (κ2) is 7.29. The van der Waals surface area contributed by atoms with Gasteiger partial charge < -0.3 is 13.9 Å². The van der Waals surface area contributed by atoms with Crippen LogP contribution in [0.15, 0.2) is 27.4 Å². The molecule has 6 nitrogen and oxygen atoms in total. The Morgan fingerprint density at radius 2 is 1.96 bits per heavy atom. The van der Waals surface area contributed by atoms with Crippen LogP contribution in [0.3, 0.4) is 0 Å². The van der Waals surface area contributed by atoms with Crippen LogP contribution in [0.4, 0.5) is 0 Å². The average Bonchev–Trinajstić information content (AvgIpc) is 2.51. The molecule has 0 spiro atoms. The van der Waals surface area contributed by atoms with E-state index < -0.39 is 17.7 Å². The summed E-state index contributed by atoms with van der Waals surface area (Å²) in [6.45, 7) is 6.84. The predicted octanol–water partition coefficient (Wildman–Crippen LogP) is 3.02. The van der Waals surface area contributed by atoms with Crippen LogP contribution < -0.4 is 10.4 Å². The third kappa shape index (κ3) is 3.48. The molecule has 0 amide bonds. The van der Waals surface area contributed by atoms with Crippen LogP contribution >= 0.6 is 0 Å². The van der Waals surface area contributed by atoms with Crippen molar-refractivity contribution in [1.82, 2.24) is 0 Å². The zero-order chi connectivity index (χ0) is 17.9. The molecule has 1 aromatic carbocycles. The van der Waals surface area contributed by atoms with E-state index in [1.807, 2.05) is 0 Å². The number of hydrogen-bond donors (Lipinski definition) is 0. The van der Waals surface area contributed by atoms with Gasteiger partial charge in [0, 0.05) is 11.5 Å². The van der Waals surface area contributed by atoms with E-state index in [1.165, 1.54) is 13.0 Å². The normalized spacial score (nSPS) is 12.0. The van der Waals surface area contributed by atoms with E-state index in [2.05, 4.69) is 0 Å². The van der Waals surface area contributed by atoms with Gasteiger partial charge in [0.15, 0.2) is 17.5 Å². The molecule has 0 aliphatic carbocycles. The van der Waals surface area contributed by atoms with Crippen LogP contribution in [-0.4, -0.2) is 24.5 Å². The molecule has 1 atom stereocenters. The summed E-state index contributed by atoms with van der Waals surface area (Å²) in [5.41, 5.74) is 0.476. The van der Waals surface area contributed by atoms with E-state index in [9.17, 15) is 14.4 Å². The fraction of sp³-hybridized carbons (Fsp3) is 0.389. The van der Waals surface area contributed by atoms with Crippen molar-refractivity contribution >= 4 is 22.7 Å². The summed E-state index contributed by atoms with van der Waals surface area (Å²) in [4.78, 5) is 35.7. The number of hydrogen-bond acceptors (Lipinski definition) is 6. The lowest BCUT2D eigenvalue weighted by Crippen LogP contribution is -2.29. The SMILES string of the molecule is CCOC(=O)[C@H](CC)Oc1ccc2c(C)cc(=O)oc2c1C(C)=O. The Morgan fingerprint density at radius 1 is 1.25 bits per heavy atom. The number of rotatable bonds is 6. The number of carbonyl (C=O) groups excluding carboxylic acids is 2. The first kappa shape index (κ1) is 17.7. The minimum Gasteiger partial charge on any atom is -0.478 e. The molecule has 1 aromatic heterocycles. The summed E-state index contributed by atoms with van der Waals surface area (Å²) in [7, 11) is 0. The van der Waals surface area contributed by atoms with E-state index in [-0.39, 0.29) is 29.3 Å². The predicted molar refractivity (Wildman–Crippen MR) is 88.6 cm³/mol. The van der Waals surface area contributed by atoms with Gasteiger partial charge in [-0.05, 0) is 44.9 Å². The van der Waals surface area contributed by atoms with Crippen molar-refractivity contribution in [3.63, 3.8) is 0 Å². The number of benzene rings is 1. The summed E-state index contributed by atoms with van der Waals surface area (Å²) < 4.78 is 15.9. The topological polar surface area (TPSA) is 82.8 Å². The highest BCUT2D eigenvalue weighted by Crippen LogP contribution is 2.30. The second-order valence-electron chi connectivity index (χ2n) is 5.39. The van der Waals surface area contributed by atoms with Gasteiger partial charge in [0.05, 0.1) is 6.61 Å². The van der Waals surface area contributed by atoms with Crippen molar-refractivity contribution in [2.75, 3.05) is 6.61 Å². The average molecular weight is 332 g/mol. The van der Waals surface area contributed by atoms with Gasteiger partial charge in [-0.1, -0.05) is 6.92 Å². The maximum atomic E-state index is 12.1. The summed E-state index contributed by atoms with van der Waals surface area (Å²) >= 11 is 0. The maximum Gasteiger partial charge on any atom is 0.347 e. The summed E-state index contributed by atoms with van der Waals surface area (Å²) in [5, 5.41) is 0.649. The Bertz CT molecular complexity index is 833. The molecule has 0 N–H and O–H groups in total. The molecule has 6 heteroatoms. The van der Waals surface area contributed by atoms with Gasteiger partial charge in [-0.3, -0.25) is 4.79 Å². The van der Waals surface area contributed by atoms with Crippen molar-refractivity contribution in [2.45, 2.75) is 40.2 Å². The Morgan fingerprint density at radius 3 is 2.54 bits per heavy atom. The summed E-state index contributed by atoms with van der Waals surface area (Å²) in [6.07, 6.45) is -0.455. The van der Waals surface area contributed by atoms with Gasteiger partial charge in [0.2, 0.25) is 0 Å². The molecule has 0 saturated carbocycles. The molecule has 0 aliphatic heterocycles. The van der Waals surface area contributed by atoms with Gasteiger partial charge >= 0.3 is 11.6 Å². The highest BCUT2D eigenvalue weighted by molar-refractivity contribution is 6.07. The lowest BCUT2D eigenvalue weighted by molar-refractivity contribution is -0.151. The molecule has 128 valence electrons. The third-order valence-corrected chi connectivity index (χ3v) is 3.62. The van der Waals surface area contributed by atoms with Crippen LogP contribution in [0.1, 0.15) is 43.1 Å². The third-order valence-electron chi connectivity index (χ3n) is 3.62. The van der Waals surface area contributed by atoms with Gasteiger partial charge in [-0.2, -0.15) is 0 Å². The first-order valence-corrected chi connectivity index (χ1v) is 7.80. The number of esters is 1. The molecule has 0 saturated heterocycles. The van der Waals surface area contributed by atoms with Crippen LogP contribution in [0, 0.1) is 6.92 Å². The zero-order valence-electron chi connectivity index (χ0n) is 14.2. The van der Waals surface area contributed by atoms with E-state index in [0.717, 1.165) is 0 Å². The largest absolute Gasteiger partial charge is 0.478 e. The lowest BCUT2D eigenvalue weighted by atomic mass is 10.0. The molecule has 1 heterocycles. The number of carbonyl (C=O) groups is 2. The Kier molecular flexibility index (Phi) is 5.39. The van der Waals surface area contributed by atoms with E-state index in [0.29, 0.717) is 17.4 Å². The van der Waals surface area contributed by atoms with Crippen molar-refractivity contribution < 1.29 is 23.5 Å². The van der Waals surface area contributed by atoms with Gasteiger partial charge in [0.25, 0.3) is 0 Å². The quantitative estimate of drug-likeness (QED) is 0.459. The van der Waals surface area contributed by atoms with Crippen molar-refractivity contribution in [2.24, 2.45) is 0 Å². The highest BCUT2D eigenvalue weighted by atomic mass is 16.6. The summed E-state index contributed by atoms with van der Waals surface area (Å²) in [5.74, 6) is -0.619. The molecule has 2 rings (SSSR count). The van der Waals surface area contributed by atoms with Crippen LogP contribution in [-0.2, 0) is 9.53 Å². The number of aryl methyl sites for hydroxylation is 1. The molecule has 0 aliphatic rings. The number of Topliss-reactive ketones (excluding diaryl/α,β-unsaturated/α-hetero) is 1. The molecule has 0 radical (unpaired) electrons. The molecular weight excluding hydrogens is 312 g/mol. The number of ether oxygens (including phenoxy) is 2. The van der Waals surface area contributed by atoms with Gasteiger partial charge in [0.1, 0.15) is 11.3 Å². The minimum atomic E-state index is -0.836. The standard InChI is InChI=1S/C18H20O6/c1-5-13(18(21)22-6-2)23-14-8-7-12-10(3)9-15(20)24-17(12)16(14)11(4)19/h7-9,13H,5-6H2,1-4H3/t13-/m0/s1. The first-order chi connectivity index (χ1) is 11.4. The van der Waals surface area contributed by atoms with Gasteiger partial charge in [-0.25, -0.2) is 9.59 Å². The molecule has 2 aromatic rings. The Labute approximate surface area is 139 Å².